The number of benzene rings is 1. The molecule has 19 heavy (non-hydrogen) atoms. The van der Waals surface area contributed by atoms with Gasteiger partial charge < -0.3 is 5.73 Å². The molecule has 0 unspecified atom stereocenters. The number of halogens is 2. The van der Waals surface area contributed by atoms with E-state index in [4.69, 9.17) is 5.73 Å². The van der Waals surface area contributed by atoms with E-state index in [-0.39, 0.29) is 18.5 Å². The van der Waals surface area contributed by atoms with E-state index in [1.807, 2.05) is 0 Å². The van der Waals surface area contributed by atoms with Gasteiger partial charge in [-0.15, -0.1) is 0 Å². The molecule has 0 heterocycles. The summed E-state index contributed by atoms with van der Waals surface area (Å²) in [6.07, 6.45) is -0.447. The summed E-state index contributed by atoms with van der Waals surface area (Å²) in [6, 6.07) is 6.51. The zero-order valence-corrected chi connectivity index (χ0v) is 10.6. The van der Waals surface area contributed by atoms with Gasteiger partial charge >= 0.3 is 0 Å². The number of rotatable bonds is 6. The molecule has 0 aliphatic rings. The first-order valence-corrected chi connectivity index (χ1v) is 5.81. The van der Waals surface area contributed by atoms with Crippen LogP contribution >= 0.6 is 0 Å². The van der Waals surface area contributed by atoms with Crippen LogP contribution in [0.25, 0.3) is 0 Å². The van der Waals surface area contributed by atoms with Crippen molar-refractivity contribution in [3.8, 4) is 0 Å². The van der Waals surface area contributed by atoms with Crippen LogP contribution in [0.1, 0.15) is 22.3 Å². The first-order valence-electron chi connectivity index (χ1n) is 5.81. The molecule has 0 saturated heterocycles. The van der Waals surface area contributed by atoms with Crippen LogP contribution in [0.4, 0.5) is 8.78 Å². The van der Waals surface area contributed by atoms with Gasteiger partial charge in [0.2, 0.25) is 6.41 Å². The van der Waals surface area contributed by atoms with Crippen molar-refractivity contribution in [1.29, 1.82) is 0 Å². The molecule has 0 atom stereocenters. The Labute approximate surface area is 110 Å². The van der Waals surface area contributed by atoms with Crippen LogP contribution < -0.4 is 5.73 Å². The van der Waals surface area contributed by atoms with E-state index < -0.39 is 24.8 Å². The van der Waals surface area contributed by atoms with Gasteiger partial charge in [-0.3, -0.25) is 14.5 Å². The Kier molecular flexibility index (Phi) is 5.11. The molecule has 2 N–H and O–H groups in total. The molecule has 2 amide bonds. The molecule has 6 heteroatoms. The lowest BCUT2D eigenvalue weighted by Gasteiger charge is -2.22. The Balaban J connectivity index is 2.89. The minimum Gasteiger partial charge on any atom is -0.330 e. The number of nitrogens with zero attached hydrogens (tertiary/aromatic N) is 1. The van der Waals surface area contributed by atoms with Crippen molar-refractivity contribution in [2.45, 2.75) is 19.3 Å². The van der Waals surface area contributed by atoms with Gasteiger partial charge in [0.15, 0.2) is 0 Å². The summed E-state index contributed by atoms with van der Waals surface area (Å²) >= 11 is 0. The van der Waals surface area contributed by atoms with Gasteiger partial charge in [0.1, 0.15) is 0 Å². The molecule has 104 valence electrons. The molecular formula is C13H16F2N2O2. The van der Waals surface area contributed by atoms with E-state index in [1.54, 1.807) is 25.1 Å². The quantitative estimate of drug-likeness (QED) is 0.798. The first-order chi connectivity index (χ1) is 8.91. The van der Waals surface area contributed by atoms with Crippen LogP contribution in [0.5, 0.6) is 0 Å². The Morgan fingerprint density at radius 2 is 2.05 bits per heavy atom. The zero-order valence-electron chi connectivity index (χ0n) is 10.6. The molecule has 0 aliphatic carbocycles. The molecule has 0 saturated carbocycles. The highest BCUT2D eigenvalue weighted by atomic mass is 19.3. The average molecular weight is 270 g/mol. The average Bonchev–Trinajstić information content (AvgIpc) is 2.35. The zero-order chi connectivity index (χ0) is 14.5. The molecule has 1 aromatic rings. The summed E-state index contributed by atoms with van der Waals surface area (Å²) in [5.41, 5.74) is 5.93. The molecule has 1 rings (SSSR count). The summed E-state index contributed by atoms with van der Waals surface area (Å²) in [5.74, 6) is -3.90. The molecule has 4 nitrogen and oxygen atoms in total. The van der Waals surface area contributed by atoms with E-state index in [2.05, 4.69) is 0 Å². The van der Waals surface area contributed by atoms with Crippen molar-refractivity contribution in [1.82, 2.24) is 4.90 Å². The number of amides is 2. The molecular weight excluding hydrogens is 254 g/mol. The summed E-state index contributed by atoms with van der Waals surface area (Å²) < 4.78 is 26.8. The third-order valence-electron chi connectivity index (χ3n) is 2.68. The van der Waals surface area contributed by atoms with E-state index in [0.29, 0.717) is 10.5 Å². The smallest absolute Gasteiger partial charge is 0.267 e. The topological polar surface area (TPSA) is 63.4 Å². The summed E-state index contributed by atoms with van der Waals surface area (Å²) in [6.45, 7) is 0.507. The van der Waals surface area contributed by atoms with Crippen LogP contribution in [-0.2, 0) is 4.79 Å². The van der Waals surface area contributed by atoms with Crippen molar-refractivity contribution in [3.63, 3.8) is 0 Å². The first kappa shape index (κ1) is 15.2. The number of hydrogen-bond acceptors (Lipinski definition) is 3. The summed E-state index contributed by atoms with van der Waals surface area (Å²) in [5, 5.41) is 0. The van der Waals surface area contributed by atoms with Crippen molar-refractivity contribution < 1.29 is 18.4 Å². The van der Waals surface area contributed by atoms with E-state index >= 15 is 0 Å². The highest BCUT2D eigenvalue weighted by Crippen LogP contribution is 2.20. The van der Waals surface area contributed by atoms with E-state index in [1.165, 1.54) is 6.07 Å². The maximum atomic E-state index is 13.4. The Morgan fingerprint density at radius 1 is 1.42 bits per heavy atom. The van der Waals surface area contributed by atoms with Gasteiger partial charge in [-0.25, -0.2) is 8.78 Å². The molecule has 0 spiro atoms. The van der Waals surface area contributed by atoms with Gasteiger partial charge in [0.05, 0.1) is 6.54 Å². The van der Waals surface area contributed by atoms with Gasteiger partial charge in [-0.1, -0.05) is 18.2 Å². The lowest BCUT2D eigenvalue weighted by molar-refractivity contribution is -0.120. The van der Waals surface area contributed by atoms with Crippen molar-refractivity contribution >= 4 is 12.3 Å². The fourth-order valence-electron chi connectivity index (χ4n) is 1.66. The molecule has 0 fully saturated rings. The Hall–Kier alpha value is -1.82. The van der Waals surface area contributed by atoms with Crippen molar-refractivity contribution in [2.75, 3.05) is 13.1 Å². The van der Waals surface area contributed by atoms with Gasteiger partial charge in [-0.2, -0.15) is 0 Å². The number of carbonyl (C=O) groups is 2. The van der Waals surface area contributed by atoms with Crippen LogP contribution in [0.2, 0.25) is 0 Å². The lowest BCUT2D eigenvalue weighted by Crippen LogP contribution is -2.41. The minimum absolute atomic E-state index is 0.124. The molecule has 0 aromatic heterocycles. The van der Waals surface area contributed by atoms with Gasteiger partial charge in [0, 0.05) is 12.0 Å². The third-order valence-corrected chi connectivity index (χ3v) is 2.68. The van der Waals surface area contributed by atoms with Crippen LogP contribution in [0, 0.1) is 6.92 Å². The monoisotopic (exact) mass is 270 g/mol. The SMILES string of the molecule is Cc1ccccc1C(=O)N(C=O)CC(F)(F)CCN. The molecule has 0 radical (unpaired) electrons. The van der Waals surface area contributed by atoms with E-state index in [9.17, 15) is 18.4 Å². The van der Waals surface area contributed by atoms with Crippen molar-refractivity contribution in [2.24, 2.45) is 5.73 Å². The summed E-state index contributed by atoms with van der Waals surface area (Å²) in [4.78, 5) is 23.3. The standard InChI is InChI=1S/C13H16F2N2O2/c1-10-4-2-3-5-11(10)12(19)17(9-18)8-13(14,15)6-7-16/h2-5,9H,6-8,16H2,1H3. The third kappa shape index (κ3) is 4.10. The Morgan fingerprint density at radius 3 is 2.58 bits per heavy atom. The number of carbonyl (C=O) groups excluding carboxylic acids is 2. The molecule has 1 aromatic carbocycles. The van der Waals surface area contributed by atoms with Crippen LogP contribution in [-0.4, -0.2) is 36.2 Å². The number of aryl methyl sites for hydroxylation is 1. The predicted octanol–water partition coefficient (Wildman–Crippen LogP) is 1.58. The second-order valence-electron chi connectivity index (χ2n) is 4.25. The second-order valence-corrected chi connectivity index (χ2v) is 4.25. The Bertz CT molecular complexity index is 464. The summed E-state index contributed by atoms with van der Waals surface area (Å²) in [7, 11) is 0. The second kappa shape index (κ2) is 6.38. The number of nitrogens with two attached hydrogens (primary N) is 1. The minimum atomic E-state index is -3.17. The highest BCUT2D eigenvalue weighted by molar-refractivity contribution is 6.00. The highest BCUT2D eigenvalue weighted by Gasteiger charge is 2.33. The molecule has 0 bridgehead atoms. The number of alkyl halides is 2. The molecule has 0 aliphatic heterocycles. The van der Waals surface area contributed by atoms with Crippen LogP contribution in [0.3, 0.4) is 0 Å². The fraction of sp³-hybridized carbons (Fsp3) is 0.385. The number of hydrogen-bond donors (Lipinski definition) is 1. The lowest BCUT2D eigenvalue weighted by atomic mass is 10.1. The van der Waals surface area contributed by atoms with Crippen molar-refractivity contribution in [3.05, 3.63) is 35.4 Å². The van der Waals surface area contributed by atoms with Gasteiger partial charge in [0.25, 0.3) is 11.8 Å². The normalized spacial score (nSPS) is 11.2. The fourth-order valence-corrected chi connectivity index (χ4v) is 1.66. The van der Waals surface area contributed by atoms with Crippen LogP contribution in [0.15, 0.2) is 24.3 Å². The van der Waals surface area contributed by atoms with Gasteiger partial charge in [-0.05, 0) is 25.1 Å². The number of imide groups is 1. The maximum Gasteiger partial charge on any atom is 0.267 e. The largest absolute Gasteiger partial charge is 0.330 e. The predicted molar refractivity (Wildman–Crippen MR) is 66.9 cm³/mol. The van der Waals surface area contributed by atoms with E-state index in [0.717, 1.165) is 0 Å². The maximum absolute atomic E-state index is 13.4.